The zero-order valence-electron chi connectivity index (χ0n) is 7.07. The highest BCUT2D eigenvalue weighted by atomic mass is 16.5. The van der Waals surface area contributed by atoms with Crippen LogP contribution in [0.1, 0.15) is 30.5 Å². The number of carboxylic acid groups (broad SMARTS) is 1. The van der Waals surface area contributed by atoms with Gasteiger partial charge >= 0.3 is 5.97 Å². The Morgan fingerprint density at radius 3 is 2.83 bits per heavy atom. The molecule has 1 aromatic heterocycles. The topological polar surface area (TPSA) is 63.3 Å². The van der Waals surface area contributed by atoms with Crippen LogP contribution in [-0.2, 0) is 4.79 Å². The van der Waals surface area contributed by atoms with Crippen LogP contribution in [0, 0.1) is 6.92 Å². The fourth-order valence-corrected chi connectivity index (χ4v) is 1.12. The zero-order valence-corrected chi connectivity index (χ0v) is 7.07. The number of hydrogen-bond donors (Lipinski definition) is 1. The quantitative estimate of drug-likeness (QED) is 0.745. The summed E-state index contributed by atoms with van der Waals surface area (Å²) in [5, 5.41) is 12.4. The predicted molar refractivity (Wildman–Crippen MR) is 41.9 cm³/mol. The van der Waals surface area contributed by atoms with Gasteiger partial charge in [-0.1, -0.05) is 12.1 Å². The van der Waals surface area contributed by atoms with E-state index in [-0.39, 0.29) is 0 Å². The standard InChI is InChI=1S/C8H11NO3/c1-3-6(8(10)11)7-5(2)4-12-9-7/h4,6H,3H2,1-2H3,(H,10,11). The van der Waals surface area contributed by atoms with Gasteiger partial charge in [0.25, 0.3) is 0 Å². The van der Waals surface area contributed by atoms with E-state index in [2.05, 4.69) is 9.68 Å². The van der Waals surface area contributed by atoms with E-state index in [1.165, 1.54) is 6.26 Å². The van der Waals surface area contributed by atoms with Crippen LogP contribution in [0.3, 0.4) is 0 Å². The first-order valence-corrected chi connectivity index (χ1v) is 3.80. The number of carboxylic acids is 1. The third-order valence-corrected chi connectivity index (χ3v) is 1.82. The van der Waals surface area contributed by atoms with Crippen LogP contribution in [0.25, 0.3) is 0 Å². The second-order valence-electron chi connectivity index (χ2n) is 2.68. The lowest BCUT2D eigenvalue weighted by Gasteiger charge is -2.05. The van der Waals surface area contributed by atoms with Crippen LogP contribution in [0.2, 0.25) is 0 Å². The smallest absolute Gasteiger partial charge is 0.312 e. The molecule has 0 bridgehead atoms. The van der Waals surface area contributed by atoms with E-state index in [1.807, 2.05) is 6.92 Å². The van der Waals surface area contributed by atoms with E-state index in [4.69, 9.17) is 5.11 Å². The SMILES string of the molecule is CCC(C(=O)O)c1nocc1C. The third kappa shape index (κ3) is 1.47. The fraction of sp³-hybridized carbons (Fsp3) is 0.500. The van der Waals surface area contributed by atoms with Gasteiger partial charge in [-0.15, -0.1) is 0 Å². The summed E-state index contributed by atoms with van der Waals surface area (Å²) in [7, 11) is 0. The highest BCUT2D eigenvalue weighted by Crippen LogP contribution is 2.20. The number of rotatable bonds is 3. The summed E-state index contributed by atoms with van der Waals surface area (Å²) in [5.41, 5.74) is 1.33. The Bertz CT molecular complexity index is 280. The molecule has 0 fully saturated rings. The molecule has 0 saturated carbocycles. The van der Waals surface area contributed by atoms with Gasteiger partial charge in [0.15, 0.2) is 0 Å². The van der Waals surface area contributed by atoms with Gasteiger partial charge in [-0.3, -0.25) is 4.79 Å². The van der Waals surface area contributed by atoms with Crippen LogP contribution >= 0.6 is 0 Å². The number of nitrogens with zero attached hydrogens (tertiary/aromatic N) is 1. The molecule has 0 aliphatic rings. The van der Waals surface area contributed by atoms with Gasteiger partial charge in [0.05, 0.1) is 0 Å². The Hall–Kier alpha value is -1.32. The summed E-state index contributed by atoms with van der Waals surface area (Å²) >= 11 is 0. The second-order valence-corrected chi connectivity index (χ2v) is 2.68. The lowest BCUT2D eigenvalue weighted by Crippen LogP contribution is -2.11. The van der Waals surface area contributed by atoms with Gasteiger partial charge in [0.1, 0.15) is 17.9 Å². The molecule has 1 aromatic rings. The maximum atomic E-state index is 10.7. The Labute approximate surface area is 70.2 Å². The molecule has 66 valence electrons. The molecule has 1 atom stereocenters. The minimum absolute atomic E-state index is 0.530. The summed E-state index contributed by atoms with van der Waals surface area (Å²) < 4.78 is 4.66. The Kier molecular flexibility index (Phi) is 2.47. The Morgan fingerprint density at radius 2 is 2.50 bits per heavy atom. The van der Waals surface area contributed by atoms with Crippen LogP contribution in [0.15, 0.2) is 10.8 Å². The molecule has 1 unspecified atom stereocenters. The summed E-state index contributed by atoms with van der Waals surface area (Å²) in [6, 6.07) is 0. The molecule has 4 nitrogen and oxygen atoms in total. The molecular weight excluding hydrogens is 158 g/mol. The maximum Gasteiger partial charge on any atom is 0.312 e. The average Bonchev–Trinajstić information content (AvgIpc) is 2.38. The van der Waals surface area contributed by atoms with Crippen molar-refractivity contribution in [1.82, 2.24) is 5.16 Å². The van der Waals surface area contributed by atoms with E-state index in [1.54, 1.807) is 6.92 Å². The van der Waals surface area contributed by atoms with Gasteiger partial charge in [-0.05, 0) is 13.3 Å². The van der Waals surface area contributed by atoms with E-state index >= 15 is 0 Å². The number of aliphatic carboxylic acids is 1. The number of hydrogen-bond acceptors (Lipinski definition) is 3. The molecule has 0 aromatic carbocycles. The molecule has 0 spiro atoms. The molecule has 1 N–H and O–H groups in total. The van der Waals surface area contributed by atoms with Crippen molar-refractivity contribution in [2.24, 2.45) is 0 Å². The van der Waals surface area contributed by atoms with Crippen LogP contribution < -0.4 is 0 Å². The summed E-state index contributed by atoms with van der Waals surface area (Å²) in [4.78, 5) is 10.7. The second kappa shape index (κ2) is 3.38. The Morgan fingerprint density at radius 1 is 1.83 bits per heavy atom. The van der Waals surface area contributed by atoms with Crippen molar-refractivity contribution in [2.75, 3.05) is 0 Å². The summed E-state index contributed by atoms with van der Waals surface area (Å²) in [6.45, 7) is 3.60. The molecule has 1 heterocycles. The van der Waals surface area contributed by atoms with Crippen molar-refractivity contribution in [3.63, 3.8) is 0 Å². The molecule has 0 saturated heterocycles. The molecular formula is C8H11NO3. The lowest BCUT2D eigenvalue weighted by atomic mass is 10.0. The van der Waals surface area contributed by atoms with Gasteiger partial charge < -0.3 is 9.63 Å². The van der Waals surface area contributed by atoms with Crippen molar-refractivity contribution < 1.29 is 14.4 Å². The van der Waals surface area contributed by atoms with Crippen molar-refractivity contribution in [3.05, 3.63) is 17.5 Å². The Balaban J connectivity index is 2.94. The number of aryl methyl sites for hydroxylation is 1. The molecule has 0 amide bonds. The van der Waals surface area contributed by atoms with E-state index in [0.29, 0.717) is 12.1 Å². The maximum absolute atomic E-state index is 10.7. The highest BCUT2D eigenvalue weighted by molar-refractivity contribution is 5.75. The van der Waals surface area contributed by atoms with Gasteiger partial charge in [-0.25, -0.2) is 0 Å². The summed E-state index contributed by atoms with van der Waals surface area (Å²) in [6.07, 6.45) is 1.99. The third-order valence-electron chi connectivity index (χ3n) is 1.82. The van der Waals surface area contributed by atoms with E-state index in [9.17, 15) is 4.79 Å². The fourth-order valence-electron chi connectivity index (χ4n) is 1.12. The monoisotopic (exact) mass is 169 g/mol. The largest absolute Gasteiger partial charge is 0.481 e. The molecule has 0 radical (unpaired) electrons. The van der Waals surface area contributed by atoms with Gasteiger partial charge in [-0.2, -0.15) is 0 Å². The highest BCUT2D eigenvalue weighted by Gasteiger charge is 2.22. The molecule has 12 heavy (non-hydrogen) atoms. The minimum Gasteiger partial charge on any atom is -0.481 e. The number of carbonyl (C=O) groups is 1. The van der Waals surface area contributed by atoms with Gasteiger partial charge in [0.2, 0.25) is 0 Å². The van der Waals surface area contributed by atoms with E-state index < -0.39 is 11.9 Å². The summed E-state index contributed by atoms with van der Waals surface area (Å²) in [5.74, 6) is -1.39. The average molecular weight is 169 g/mol. The van der Waals surface area contributed by atoms with Crippen LogP contribution in [0.4, 0.5) is 0 Å². The van der Waals surface area contributed by atoms with Crippen molar-refractivity contribution in [1.29, 1.82) is 0 Å². The van der Waals surface area contributed by atoms with Crippen molar-refractivity contribution in [3.8, 4) is 0 Å². The zero-order chi connectivity index (χ0) is 9.14. The number of aromatic nitrogens is 1. The molecule has 1 rings (SSSR count). The van der Waals surface area contributed by atoms with Gasteiger partial charge in [0, 0.05) is 5.56 Å². The normalized spacial score (nSPS) is 12.8. The van der Waals surface area contributed by atoms with Crippen LogP contribution in [-0.4, -0.2) is 16.2 Å². The first-order chi connectivity index (χ1) is 5.66. The molecule has 0 aliphatic heterocycles. The predicted octanol–water partition coefficient (Wildman–Crippen LogP) is 1.56. The van der Waals surface area contributed by atoms with Crippen molar-refractivity contribution >= 4 is 5.97 Å². The first kappa shape index (κ1) is 8.77. The lowest BCUT2D eigenvalue weighted by molar-refractivity contribution is -0.139. The van der Waals surface area contributed by atoms with E-state index in [0.717, 1.165) is 5.56 Å². The van der Waals surface area contributed by atoms with Crippen LogP contribution in [0.5, 0.6) is 0 Å². The first-order valence-electron chi connectivity index (χ1n) is 3.80. The van der Waals surface area contributed by atoms with Crippen molar-refractivity contribution in [2.45, 2.75) is 26.2 Å². The molecule has 0 aliphatic carbocycles. The minimum atomic E-state index is -0.852. The molecule has 4 heteroatoms.